The minimum atomic E-state index is -4.70. The van der Waals surface area contributed by atoms with E-state index >= 15 is 0 Å². The first-order valence-corrected chi connectivity index (χ1v) is 23.1. The number of carboxylic acids is 1. The molecule has 0 aliphatic carbocycles. The molecular formula is C41H80NO10P. The second-order valence-corrected chi connectivity index (χ2v) is 16.3. The molecule has 53 heavy (non-hydrogen) atoms. The molecule has 4 N–H and O–H groups in total. The average Bonchev–Trinajstić information content (AvgIpc) is 3.13. The molecule has 0 aromatic carbocycles. The second-order valence-electron chi connectivity index (χ2n) is 14.8. The quantitative estimate of drug-likeness (QED) is 0.0306. The zero-order valence-corrected chi connectivity index (χ0v) is 34.8. The van der Waals surface area contributed by atoms with Crippen LogP contribution in [0.2, 0.25) is 0 Å². The number of carbonyl (C=O) groups is 3. The Kier molecular flexibility index (Phi) is 36.3. The van der Waals surface area contributed by atoms with Crippen LogP contribution in [0, 0.1) is 0 Å². The standard InChI is InChI=1S/C41H80NO10P/c1-3-5-7-9-11-13-15-17-18-19-20-21-23-25-27-29-31-33-40(44)52-37(35-50-53(47,48)51-36-38(42)41(45)46)34-49-39(43)32-30-28-26-24-22-16-14-12-10-8-6-4-2/h37-38H,3-36,42H2,1-2H3,(H,45,46)(H,47,48). The summed E-state index contributed by atoms with van der Waals surface area (Å²) >= 11 is 0. The molecule has 0 amide bonds. The second kappa shape index (κ2) is 37.4. The summed E-state index contributed by atoms with van der Waals surface area (Å²) in [6, 6.07) is -1.52. The zero-order valence-electron chi connectivity index (χ0n) is 33.9. The highest BCUT2D eigenvalue weighted by atomic mass is 31.2. The van der Waals surface area contributed by atoms with Gasteiger partial charge in [-0.1, -0.05) is 187 Å². The van der Waals surface area contributed by atoms with Gasteiger partial charge in [-0.2, -0.15) is 0 Å². The van der Waals surface area contributed by atoms with Gasteiger partial charge in [0.05, 0.1) is 13.2 Å². The number of carbonyl (C=O) groups excluding carboxylic acids is 2. The van der Waals surface area contributed by atoms with Crippen molar-refractivity contribution in [3.05, 3.63) is 0 Å². The number of ether oxygens (including phenoxy) is 2. The predicted octanol–water partition coefficient (Wildman–Crippen LogP) is 11.1. The lowest BCUT2D eigenvalue weighted by Gasteiger charge is -2.20. The number of hydrogen-bond donors (Lipinski definition) is 3. The first-order chi connectivity index (χ1) is 25.6. The number of phosphoric ester groups is 1. The van der Waals surface area contributed by atoms with Gasteiger partial charge in [0, 0.05) is 12.8 Å². The van der Waals surface area contributed by atoms with Crippen LogP contribution < -0.4 is 5.73 Å². The van der Waals surface area contributed by atoms with Crippen LogP contribution in [0.15, 0.2) is 0 Å². The predicted molar refractivity (Wildman–Crippen MR) is 213 cm³/mol. The molecule has 3 unspecified atom stereocenters. The number of phosphoric acid groups is 1. The van der Waals surface area contributed by atoms with E-state index in [4.69, 9.17) is 24.8 Å². The molecule has 11 nitrogen and oxygen atoms in total. The van der Waals surface area contributed by atoms with Gasteiger partial charge in [0.2, 0.25) is 0 Å². The normalized spacial score (nSPS) is 13.7. The number of esters is 2. The average molecular weight is 778 g/mol. The zero-order chi connectivity index (χ0) is 39.3. The fraction of sp³-hybridized carbons (Fsp3) is 0.927. The molecule has 3 atom stereocenters. The Bertz CT molecular complexity index is 921. The highest BCUT2D eigenvalue weighted by molar-refractivity contribution is 7.47. The molecule has 0 saturated heterocycles. The maximum atomic E-state index is 12.6. The number of nitrogens with two attached hydrogens (primary N) is 1. The van der Waals surface area contributed by atoms with Crippen LogP contribution in [0.4, 0.5) is 0 Å². The molecule has 0 saturated carbocycles. The molecule has 0 spiro atoms. The highest BCUT2D eigenvalue weighted by Gasteiger charge is 2.28. The van der Waals surface area contributed by atoms with E-state index in [2.05, 4.69) is 18.4 Å². The van der Waals surface area contributed by atoms with E-state index in [1.807, 2.05) is 0 Å². The Morgan fingerprint density at radius 2 is 0.830 bits per heavy atom. The first-order valence-electron chi connectivity index (χ1n) is 21.6. The number of hydrogen-bond acceptors (Lipinski definition) is 9. The summed E-state index contributed by atoms with van der Waals surface area (Å²) in [6.45, 7) is 2.82. The SMILES string of the molecule is CCCCCCCCCCCCCCCCCCCC(=O)OC(COC(=O)CCCCCCCCCCCCCC)COP(=O)(O)OCC(N)C(=O)O. The van der Waals surface area contributed by atoms with Gasteiger partial charge < -0.3 is 25.2 Å². The van der Waals surface area contributed by atoms with Crippen molar-refractivity contribution in [2.24, 2.45) is 5.73 Å². The van der Waals surface area contributed by atoms with E-state index in [0.717, 1.165) is 38.5 Å². The van der Waals surface area contributed by atoms with Crippen molar-refractivity contribution in [3.63, 3.8) is 0 Å². The molecule has 0 bridgehead atoms. The highest BCUT2D eigenvalue weighted by Crippen LogP contribution is 2.43. The fourth-order valence-electron chi connectivity index (χ4n) is 6.18. The summed E-state index contributed by atoms with van der Waals surface area (Å²) in [7, 11) is -4.70. The van der Waals surface area contributed by atoms with Crippen molar-refractivity contribution in [1.29, 1.82) is 0 Å². The monoisotopic (exact) mass is 778 g/mol. The Labute approximate surface area is 323 Å². The molecule has 0 heterocycles. The molecule has 0 fully saturated rings. The molecule has 0 radical (unpaired) electrons. The van der Waals surface area contributed by atoms with Crippen molar-refractivity contribution < 1.29 is 47.5 Å². The lowest BCUT2D eigenvalue weighted by atomic mass is 10.0. The van der Waals surface area contributed by atoms with Crippen LogP contribution in [0.25, 0.3) is 0 Å². The van der Waals surface area contributed by atoms with Crippen molar-refractivity contribution in [3.8, 4) is 0 Å². The molecule has 0 aromatic heterocycles. The number of unbranched alkanes of at least 4 members (excludes halogenated alkanes) is 27. The van der Waals surface area contributed by atoms with Crippen LogP contribution in [0.1, 0.15) is 213 Å². The van der Waals surface area contributed by atoms with E-state index in [-0.39, 0.29) is 19.4 Å². The Balaban J connectivity index is 4.31. The van der Waals surface area contributed by atoms with Crippen molar-refractivity contribution in [1.82, 2.24) is 0 Å². The maximum Gasteiger partial charge on any atom is 0.472 e. The fourth-order valence-corrected chi connectivity index (χ4v) is 6.96. The Morgan fingerprint density at radius 3 is 1.19 bits per heavy atom. The van der Waals surface area contributed by atoms with E-state index in [1.54, 1.807) is 0 Å². The molecule has 0 aromatic rings. The van der Waals surface area contributed by atoms with Gasteiger partial charge in [0.1, 0.15) is 12.6 Å². The Hall–Kier alpha value is -1.52. The molecule has 0 rings (SSSR count). The summed E-state index contributed by atoms with van der Waals surface area (Å²) in [5.41, 5.74) is 5.33. The smallest absolute Gasteiger partial charge is 0.472 e. The summed E-state index contributed by atoms with van der Waals surface area (Å²) < 4.78 is 32.7. The lowest BCUT2D eigenvalue weighted by molar-refractivity contribution is -0.161. The van der Waals surface area contributed by atoms with Crippen LogP contribution in [-0.2, 0) is 37.5 Å². The van der Waals surface area contributed by atoms with Crippen LogP contribution in [-0.4, -0.2) is 59.9 Å². The minimum Gasteiger partial charge on any atom is -0.480 e. The van der Waals surface area contributed by atoms with Crippen molar-refractivity contribution >= 4 is 25.7 Å². The lowest BCUT2D eigenvalue weighted by Crippen LogP contribution is -2.34. The van der Waals surface area contributed by atoms with E-state index in [0.29, 0.717) is 12.8 Å². The van der Waals surface area contributed by atoms with Crippen LogP contribution >= 0.6 is 7.82 Å². The van der Waals surface area contributed by atoms with Gasteiger partial charge in [-0.3, -0.25) is 23.4 Å². The van der Waals surface area contributed by atoms with E-state index < -0.39 is 51.1 Å². The largest absolute Gasteiger partial charge is 0.480 e. The van der Waals surface area contributed by atoms with Gasteiger partial charge in [0.15, 0.2) is 6.10 Å². The number of aliphatic carboxylic acids is 1. The summed E-state index contributed by atoms with van der Waals surface area (Å²) in [5.74, 6) is -2.36. The summed E-state index contributed by atoms with van der Waals surface area (Å²) in [4.78, 5) is 45.9. The molecule has 0 aliphatic heterocycles. The summed E-state index contributed by atoms with van der Waals surface area (Å²) in [6.07, 6.45) is 34.5. The topological polar surface area (TPSA) is 172 Å². The minimum absolute atomic E-state index is 0.169. The molecule has 12 heteroatoms. The third kappa shape index (κ3) is 37.2. The van der Waals surface area contributed by atoms with Gasteiger partial charge in [-0.05, 0) is 12.8 Å². The molecular weight excluding hydrogens is 697 g/mol. The van der Waals surface area contributed by atoms with E-state index in [1.165, 1.54) is 135 Å². The maximum absolute atomic E-state index is 12.6. The van der Waals surface area contributed by atoms with Crippen molar-refractivity contribution in [2.45, 2.75) is 225 Å². The van der Waals surface area contributed by atoms with Crippen LogP contribution in [0.5, 0.6) is 0 Å². The van der Waals surface area contributed by atoms with Gasteiger partial charge in [-0.15, -0.1) is 0 Å². The van der Waals surface area contributed by atoms with Gasteiger partial charge >= 0.3 is 25.7 Å². The van der Waals surface area contributed by atoms with E-state index in [9.17, 15) is 23.8 Å². The van der Waals surface area contributed by atoms with Crippen molar-refractivity contribution in [2.75, 3.05) is 19.8 Å². The molecule has 314 valence electrons. The molecule has 0 aliphatic rings. The van der Waals surface area contributed by atoms with Gasteiger partial charge in [-0.25, -0.2) is 4.57 Å². The number of rotatable bonds is 41. The van der Waals surface area contributed by atoms with Crippen LogP contribution in [0.3, 0.4) is 0 Å². The number of carboxylic acid groups (broad SMARTS) is 1. The summed E-state index contributed by atoms with van der Waals surface area (Å²) in [5, 5.41) is 8.88. The Morgan fingerprint density at radius 1 is 0.509 bits per heavy atom. The third-order valence-corrected chi connectivity index (χ3v) is 10.6. The third-order valence-electron chi connectivity index (χ3n) is 9.61. The first kappa shape index (κ1) is 51.5. The van der Waals surface area contributed by atoms with Gasteiger partial charge in [0.25, 0.3) is 0 Å².